The SMILES string of the molecule is C=C(CC1Cc2cc3ccc(C4CC4)cc3c(S(=O)[O-])c2C1)C1=CC(C)C1(C)C. The third-order valence-electron chi connectivity index (χ3n) is 7.70. The van der Waals surface area contributed by atoms with E-state index in [1.165, 1.54) is 35.1 Å². The Morgan fingerprint density at radius 2 is 2.00 bits per heavy atom. The first-order valence-electron chi connectivity index (χ1n) is 10.8. The van der Waals surface area contributed by atoms with Crippen molar-refractivity contribution >= 4 is 21.9 Å². The third-order valence-corrected chi connectivity index (χ3v) is 8.50. The topological polar surface area (TPSA) is 40.1 Å². The van der Waals surface area contributed by atoms with Gasteiger partial charge in [-0.1, -0.05) is 57.2 Å². The Hall–Kier alpha value is -1.71. The van der Waals surface area contributed by atoms with Gasteiger partial charge in [0.2, 0.25) is 0 Å². The summed E-state index contributed by atoms with van der Waals surface area (Å²) in [7, 11) is 0. The van der Waals surface area contributed by atoms with Crippen molar-refractivity contribution < 1.29 is 8.76 Å². The molecular formula is C26H29O2S-. The molecule has 1 saturated carbocycles. The van der Waals surface area contributed by atoms with Crippen LogP contribution in [-0.2, 0) is 23.9 Å². The minimum atomic E-state index is -2.21. The normalized spacial score (nSPS) is 26.0. The Balaban J connectivity index is 1.46. The van der Waals surface area contributed by atoms with Gasteiger partial charge in [-0.2, -0.15) is 0 Å². The fourth-order valence-corrected chi connectivity index (χ4v) is 6.19. The number of fused-ring (bicyclic) bond motifs is 2. The summed E-state index contributed by atoms with van der Waals surface area (Å²) >= 11 is -2.21. The van der Waals surface area contributed by atoms with Crippen LogP contribution in [-0.4, -0.2) is 8.76 Å². The summed E-state index contributed by atoms with van der Waals surface area (Å²) in [6, 6.07) is 8.67. The quantitative estimate of drug-likeness (QED) is 0.554. The molecule has 29 heavy (non-hydrogen) atoms. The van der Waals surface area contributed by atoms with Crippen molar-refractivity contribution in [3.63, 3.8) is 0 Å². The lowest BCUT2D eigenvalue weighted by Crippen LogP contribution is -2.33. The lowest BCUT2D eigenvalue weighted by Gasteiger charge is -2.43. The van der Waals surface area contributed by atoms with Crippen LogP contribution in [0.2, 0.25) is 0 Å². The molecule has 2 aromatic carbocycles. The van der Waals surface area contributed by atoms with Gasteiger partial charge >= 0.3 is 0 Å². The molecule has 3 aliphatic carbocycles. The predicted molar refractivity (Wildman–Crippen MR) is 119 cm³/mol. The molecule has 0 amide bonds. The van der Waals surface area contributed by atoms with E-state index >= 15 is 0 Å². The summed E-state index contributed by atoms with van der Waals surface area (Å²) in [6.07, 6.45) is 7.52. The van der Waals surface area contributed by atoms with Gasteiger partial charge in [0.15, 0.2) is 0 Å². The second-order valence-electron chi connectivity index (χ2n) is 10.0. The van der Waals surface area contributed by atoms with E-state index in [1.807, 2.05) is 0 Å². The van der Waals surface area contributed by atoms with Gasteiger partial charge in [0, 0.05) is 4.90 Å². The molecule has 0 saturated heterocycles. The van der Waals surface area contributed by atoms with E-state index in [2.05, 4.69) is 57.7 Å². The molecule has 3 unspecified atom stereocenters. The van der Waals surface area contributed by atoms with Crippen molar-refractivity contribution in [2.45, 2.75) is 63.7 Å². The largest absolute Gasteiger partial charge is 0.768 e. The maximum absolute atomic E-state index is 12.3. The highest BCUT2D eigenvalue weighted by molar-refractivity contribution is 7.79. The lowest BCUT2D eigenvalue weighted by molar-refractivity contribution is 0.291. The highest BCUT2D eigenvalue weighted by Gasteiger charge is 2.39. The molecule has 0 spiro atoms. The number of hydrogen-bond donors (Lipinski definition) is 0. The van der Waals surface area contributed by atoms with Crippen LogP contribution in [0.25, 0.3) is 10.8 Å². The molecule has 152 valence electrons. The highest BCUT2D eigenvalue weighted by atomic mass is 32.2. The van der Waals surface area contributed by atoms with E-state index in [9.17, 15) is 8.76 Å². The summed E-state index contributed by atoms with van der Waals surface area (Å²) < 4.78 is 24.5. The zero-order valence-corrected chi connectivity index (χ0v) is 18.4. The van der Waals surface area contributed by atoms with E-state index in [4.69, 9.17) is 0 Å². The molecule has 3 heteroatoms. The minimum absolute atomic E-state index is 0.206. The molecule has 5 rings (SSSR count). The highest BCUT2D eigenvalue weighted by Crippen LogP contribution is 2.50. The molecule has 3 aliphatic rings. The summed E-state index contributed by atoms with van der Waals surface area (Å²) in [4.78, 5) is 0.546. The second kappa shape index (κ2) is 6.65. The molecule has 3 atom stereocenters. The van der Waals surface area contributed by atoms with E-state index in [0.717, 1.165) is 35.6 Å². The van der Waals surface area contributed by atoms with E-state index < -0.39 is 11.1 Å². The fourth-order valence-electron chi connectivity index (χ4n) is 5.42. The summed E-state index contributed by atoms with van der Waals surface area (Å²) in [5.41, 5.74) is 6.39. The van der Waals surface area contributed by atoms with Crippen molar-refractivity contribution in [1.82, 2.24) is 0 Å². The standard InChI is InChI=1S/C26H30O2S/c1-15(24-10-16(2)26(24,3)4)9-17-11-21-13-20-8-7-19(18-5-6-18)14-23(20)25(29(27)28)22(21)12-17/h7-8,10,13-14,16-18H,1,5-6,9,11-12H2,2-4H3,(H,27,28)/p-1. The first-order valence-corrected chi connectivity index (χ1v) is 11.9. The predicted octanol–water partition coefficient (Wildman–Crippen LogP) is 6.22. The third kappa shape index (κ3) is 3.14. The maximum Gasteiger partial charge on any atom is 0.0362 e. The van der Waals surface area contributed by atoms with Crippen LogP contribution >= 0.6 is 0 Å². The number of rotatable bonds is 5. The first kappa shape index (κ1) is 19.3. The number of hydrogen-bond acceptors (Lipinski definition) is 2. The summed E-state index contributed by atoms with van der Waals surface area (Å²) in [6.45, 7) is 11.2. The Labute approximate surface area is 176 Å². The van der Waals surface area contributed by atoms with Crippen LogP contribution in [0, 0.1) is 17.3 Å². The Kier molecular flexibility index (Phi) is 4.42. The smallest absolute Gasteiger partial charge is 0.0362 e. The van der Waals surface area contributed by atoms with E-state index in [-0.39, 0.29) is 5.41 Å². The second-order valence-corrected chi connectivity index (χ2v) is 10.9. The number of allylic oxidation sites excluding steroid dienone is 3. The van der Waals surface area contributed by atoms with Crippen LogP contribution in [0.3, 0.4) is 0 Å². The molecule has 0 N–H and O–H groups in total. The van der Waals surface area contributed by atoms with E-state index in [0.29, 0.717) is 22.6 Å². The van der Waals surface area contributed by atoms with Crippen LogP contribution in [0.15, 0.2) is 53.0 Å². The van der Waals surface area contributed by atoms with Crippen molar-refractivity contribution in [3.05, 3.63) is 64.8 Å². The van der Waals surface area contributed by atoms with Gasteiger partial charge in [-0.25, -0.2) is 0 Å². The molecule has 2 aromatic rings. The molecule has 0 radical (unpaired) electrons. The van der Waals surface area contributed by atoms with Crippen molar-refractivity contribution in [2.24, 2.45) is 17.3 Å². The average molecular weight is 406 g/mol. The van der Waals surface area contributed by atoms with Gasteiger partial charge in [0.25, 0.3) is 0 Å². The van der Waals surface area contributed by atoms with E-state index in [1.54, 1.807) is 0 Å². The molecule has 1 fully saturated rings. The van der Waals surface area contributed by atoms with Crippen LogP contribution < -0.4 is 0 Å². The van der Waals surface area contributed by atoms with Gasteiger partial charge in [-0.3, -0.25) is 4.21 Å². The summed E-state index contributed by atoms with van der Waals surface area (Å²) in [5, 5.41) is 1.97. The molecule has 0 heterocycles. The van der Waals surface area contributed by atoms with Gasteiger partial charge in [0.1, 0.15) is 0 Å². The minimum Gasteiger partial charge on any atom is -0.768 e. The van der Waals surface area contributed by atoms with Gasteiger partial charge < -0.3 is 4.55 Å². The molecular weight excluding hydrogens is 376 g/mol. The maximum atomic E-state index is 12.3. The van der Waals surface area contributed by atoms with Crippen molar-refractivity contribution in [1.29, 1.82) is 0 Å². The Morgan fingerprint density at radius 1 is 1.24 bits per heavy atom. The monoisotopic (exact) mass is 405 g/mol. The van der Waals surface area contributed by atoms with Crippen LogP contribution in [0.4, 0.5) is 0 Å². The average Bonchev–Trinajstić information content (AvgIpc) is 3.44. The fraction of sp³-hybridized carbons (Fsp3) is 0.462. The Morgan fingerprint density at radius 3 is 2.62 bits per heavy atom. The molecule has 2 nitrogen and oxygen atoms in total. The zero-order valence-electron chi connectivity index (χ0n) is 17.6. The van der Waals surface area contributed by atoms with Crippen molar-refractivity contribution in [3.8, 4) is 0 Å². The van der Waals surface area contributed by atoms with Crippen LogP contribution in [0.1, 0.15) is 62.6 Å². The first-order chi connectivity index (χ1) is 13.8. The van der Waals surface area contributed by atoms with Gasteiger partial charge in [-0.15, -0.1) is 0 Å². The zero-order chi connectivity index (χ0) is 20.5. The van der Waals surface area contributed by atoms with Crippen molar-refractivity contribution in [2.75, 3.05) is 0 Å². The van der Waals surface area contributed by atoms with Crippen LogP contribution in [0.5, 0.6) is 0 Å². The van der Waals surface area contributed by atoms with Gasteiger partial charge in [0.05, 0.1) is 0 Å². The summed E-state index contributed by atoms with van der Waals surface area (Å²) in [5.74, 6) is 1.65. The molecule has 0 aromatic heterocycles. The number of benzene rings is 2. The Bertz CT molecular complexity index is 1090. The molecule has 0 bridgehead atoms. The molecule has 0 aliphatic heterocycles. The lowest BCUT2D eigenvalue weighted by atomic mass is 9.61. The van der Waals surface area contributed by atoms with Gasteiger partial charge in [-0.05, 0) is 105 Å².